The van der Waals surface area contributed by atoms with Crippen LogP contribution in [0, 0.1) is 0 Å². The lowest BCUT2D eigenvalue weighted by Crippen LogP contribution is -2.59. The van der Waals surface area contributed by atoms with Crippen molar-refractivity contribution in [2.75, 3.05) is 6.61 Å². The summed E-state index contributed by atoms with van der Waals surface area (Å²) in [5, 5.41) is 36.7. The van der Waals surface area contributed by atoms with Crippen molar-refractivity contribution in [2.24, 2.45) is 0 Å². The molecule has 1 saturated heterocycles. The zero-order valence-electron chi connectivity index (χ0n) is 7.95. The normalized spacial score (nSPS) is 41.0. The first-order valence-electron chi connectivity index (χ1n) is 4.30. The Bertz CT molecular complexity index is 277. The van der Waals surface area contributed by atoms with Gasteiger partial charge in [-0.2, -0.15) is 0 Å². The van der Waals surface area contributed by atoms with Crippen LogP contribution in [0.3, 0.4) is 0 Å². The van der Waals surface area contributed by atoms with Gasteiger partial charge in [0.15, 0.2) is 6.29 Å². The number of aliphatic hydroxyl groups excluding tert-OH is 4. The van der Waals surface area contributed by atoms with E-state index in [4.69, 9.17) is 14.9 Å². The Balaban J connectivity index is 2.76. The molecule has 0 aromatic rings. The molecule has 1 fully saturated rings. The van der Waals surface area contributed by atoms with Gasteiger partial charge < -0.3 is 34.9 Å². The van der Waals surface area contributed by atoms with Crippen molar-refractivity contribution >= 4 is 7.82 Å². The van der Waals surface area contributed by atoms with Crippen LogP contribution in [-0.2, 0) is 13.8 Å². The highest BCUT2D eigenvalue weighted by atomic mass is 31.2. The summed E-state index contributed by atoms with van der Waals surface area (Å²) < 4.78 is 19.2. The molecule has 0 saturated carbocycles. The number of hydrogen-bond donors (Lipinski definition) is 6. The van der Waals surface area contributed by atoms with Crippen molar-refractivity contribution in [2.45, 2.75) is 30.7 Å². The summed E-state index contributed by atoms with van der Waals surface area (Å²) in [6, 6.07) is 0. The molecule has 0 bridgehead atoms. The molecule has 0 spiro atoms. The van der Waals surface area contributed by atoms with Gasteiger partial charge in [-0.1, -0.05) is 0 Å². The van der Waals surface area contributed by atoms with Gasteiger partial charge in [-0.05, 0) is 0 Å². The highest BCUT2D eigenvalue weighted by Crippen LogP contribution is 2.40. The van der Waals surface area contributed by atoms with Crippen molar-refractivity contribution in [1.82, 2.24) is 0 Å². The van der Waals surface area contributed by atoms with Crippen LogP contribution < -0.4 is 0 Å². The molecule has 5 atom stereocenters. The number of aliphatic hydroxyl groups is 4. The monoisotopic (exact) mass is 260 g/mol. The molecule has 1 heterocycles. The fourth-order valence-corrected chi connectivity index (χ4v) is 1.89. The van der Waals surface area contributed by atoms with Crippen molar-refractivity contribution in [3.05, 3.63) is 0 Å². The van der Waals surface area contributed by atoms with E-state index in [1.165, 1.54) is 0 Å². The first-order valence-corrected chi connectivity index (χ1v) is 5.83. The van der Waals surface area contributed by atoms with E-state index in [-0.39, 0.29) is 0 Å². The van der Waals surface area contributed by atoms with Gasteiger partial charge in [-0.25, -0.2) is 4.57 Å². The maximum absolute atomic E-state index is 10.5. The van der Waals surface area contributed by atoms with Crippen LogP contribution in [0.15, 0.2) is 0 Å². The first kappa shape index (κ1) is 14.0. The van der Waals surface area contributed by atoms with E-state index in [0.29, 0.717) is 0 Å². The summed E-state index contributed by atoms with van der Waals surface area (Å²) in [7, 11) is -4.94. The van der Waals surface area contributed by atoms with E-state index in [1.807, 2.05) is 0 Å². The second kappa shape index (κ2) is 5.05. The maximum atomic E-state index is 10.5. The minimum atomic E-state index is -4.94. The SMILES string of the molecule is O=P(O)(O)O[C@H]1[C@@H](O)[C@H](O)[C@@H](CO)O[C@@H]1O. The van der Waals surface area contributed by atoms with Gasteiger partial charge in [0.05, 0.1) is 6.61 Å². The molecule has 6 N–H and O–H groups in total. The third kappa shape index (κ3) is 3.20. The molecule has 0 aromatic heterocycles. The van der Waals surface area contributed by atoms with Crippen LogP contribution in [-0.4, -0.2) is 67.5 Å². The van der Waals surface area contributed by atoms with Crippen LogP contribution in [0.25, 0.3) is 0 Å². The first-order chi connectivity index (χ1) is 7.26. The maximum Gasteiger partial charge on any atom is 0.470 e. The van der Waals surface area contributed by atoms with Crippen molar-refractivity contribution in [3.63, 3.8) is 0 Å². The average Bonchev–Trinajstić information content (AvgIpc) is 2.17. The molecule has 0 aromatic carbocycles. The average molecular weight is 260 g/mol. The summed E-state index contributed by atoms with van der Waals surface area (Å²) in [5.41, 5.74) is 0. The Labute approximate surface area is 90.1 Å². The minimum Gasteiger partial charge on any atom is -0.394 e. The molecule has 96 valence electrons. The molecule has 0 unspecified atom stereocenters. The zero-order valence-corrected chi connectivity index (χ0v) is 8.84. The summed E-state index contributed by atoms with van der Waals surface area (Å²) in [5.74, 6) is 0. The molecule has 16 heavy (non-hydrogen) atoms. The second-order valence-corrected chi connectivity index (χ2v) is 4.48. The highest BCUT2D eigenvalue weighted by molar-refractivity contribution is 7.46. The quantitative estimate of drug-likeness (QED) is 0.289. The molecule has 0 radical (unpaired) electrons. The zero-order chi connectivity index (χ0) is 12.5. The van der Waals surface area contributed by atoms with Crippen LogP contribution in [0.2, 0.25) is 0 Å². The van der Waals surface area contributed by atoms with E-state index >= 15 is 0 Å². The minimum absolute atomic E-state index is 0.669. The van der Waals surface area contributed by atoms with Crippen LogP contribution >= 0.6 is 7.82 Å². The van der Waals surface area contributed by atoms with Gasteiger partial charge in [0.2, 0.25) is 0 Å². The summed E-state index contributed by atoms with van der Waals surface area (Å²) in [4.78, 5) is 17.0. The molecule has 0 amide bonds. The Kier molecular flexibility index (Phi) is 4.41. The van der Waals surface area contributed by atoms with Crippen molar-refractivity contribution < 1.29 is 44.0 Å². The second-order valence-electron chi connectivity index (χ2n) is 3.29. The highest BCUT2D eigenvalue weighted by Gasteiger charge is 2.46. The van der Waals surface area contributed by atoms with Crippen LogP contribution in [0.1, 0.15) is 0 Å². The number of hydrogen-bond acceptors (Lipinski definition) is 7. The standard InChI is InChI=1S/C6H13O9P/c7-1-2-3(8)4(9)5(6(10)14-2)15-16(11,12)13/h2-10H,1H2,(H2,11,12,13)/t2-,3-,4+,5+,6+/m1/s1. The predicted octanol–water partition coefficient (Wildman–Crippen LogP) is -3.10. The topological polar surface area (TPSA) is 157 Å². The summed E-state index contributed by atoms with van der Waals surface area (Å²) in [6.45, 7) is -0.669. The molecular formula is C6H13O9P. The fraction of sp³-hybridized carbons (Fsp3) is 1.00. The van der Waals surface area contributed by atoms with Gasteiger partial charge >= 0.3 is 7.82 Å². The van der Waals surface area contributed by atoms with Gasteiger partial charge in [-0.15, -0.1) is 0 Å². The van der Waals surface area contributed by atoms with Gasteiger partial charge in [0.1, 0.15) is 24.4 Å². The number of phosphoric acid groups is 1. The van der Waals surface area contributed by atoms with Gasteiger partial charge in [0.25, 0.3) is 0 Å². The predicted molar refractivity (Wildman–Crippen MR) is 46.9 cm³/mol. The number of ether oxygens (including phenoxy) is 1. The Morgan fingerprint density at radius 3 is 2.19 bits per heavy atom. The smallest absolute Gasteiger partial charge is 0.394 e. The molecule has 9 nitrogen and oxygen atoms in total. The Morgan fingerprint density at radius 1 is 1.19 bits per heavy atom. The third-order valence-corrected chi connectivity index (χ3v) is 2.62. The number of phosphoric ester groups is 1. The largest absolute Gasteiger partial charge is 0.470 e. The fourth-order valence-electron chi connectivity index (χ4n) is 1.34. The lowest BCUT2D eigenvalue weighted by atomic mass is 9.99. The van der Waals surface area contributed by atoms with Crippen molar-refractivity contribution in [1.29, 1.82) is 0 Å². The van der Waals surface area contributed by atoms with E-state index in [2.05, 4.69) is 9.26 Å². The molecule has 1 aliphatic heterocycles. The molecule has 1 rings (SSSR count). The molecule has 10 heteroatoms. The lowest BCUT2D eigenvalue weighted by molar-refractivity contribution is -0.282. The van der Waals surface area contributed by atoms with Crippen LogP contribution in [0.4, 0.5) is 0 Å². The lowest BCUT2D eigenvalue weighted by Gasteiger charge is -2.39. The molecule has 1 aliphatic rings. The van der Waals surface area contributed by atoms with E-state index in [9.17, 15) is 19.9 Å². The van der Waals surface area contributed by atoms with E-state index < -0.39 is 45.1 Å². The van der Waals surface area contributed by atoms with Crippen LogP contribution in [0.5, 0.6) is 0 Å². The van der Waals surface area contributed by atoms with E-state index in [1.54, 1.807) is 0 Å². The van der Waals surface area contributed by atoms with E-state index in [0.717, 1.165) is 0 Å². The third-order valence-electron chi connectivity index (χ3n) is 2.10. The van der Waals surface area contributed by atoms with Gasteiger partial charge in [0, 0.05) is 0 Å². The Morgan fingerprint density at radius 2 is 1.75 bits per heavy atom. The van der Waals surface area contributed by atoms with Crippen molar-refractivity contribution in [3.8, 4) is 0 Å². The summed E-state index contributed by atoms with van der Waals surface area (Å²) >= 11 is 0. The number of rotatable bonds is 3. The summed E-state index contributed by atoms with van der Waals surface area (Å²) in [6.07, 6.45) is -8.30. The Hall–Kier alpha value is -0.0900. The van der Waals surface area contributed by atoms with Gasteiger partial charge in [-0.3, -0.25) is 4.52 Å². The molecule has 0 aliphatic carbocycles. The molecular weight excluding hydrogens is 247 g/mol.